The van der Waals surface area contributed by atoms with Crippen molar-refractivity contribution in [3.05, 3.63) is 52.8 Å². The van der Waals surface area contributed by atoms with Crippen LogP contribution in [0.15, 0.2) is 30.7 Å². The first-order valence-electron chi connectivity index (χ1n) is 5.48. The van der Waals surface area contributed by atoms with E-state index in [2.05, 4.69) is 10.4 Å². The normalized spacial score (nSPS) is 12.7. The summed E-state index contributed by atoms with van der Waals surface area (Å²) in [5, 5.41) is 0.395. The highest BCUT2D eigenvalue weighted by molar-refractivity contribution is 6.31. The van der Waals surface area contributed by atoms with Gasteiger partial charge in [-0.3, -0.25) is 11.3 Å². The van der Waals surface area contributed by atoms with Crippen molar-refractivity contribution < 1.29 is 4.39 Å². The summed E-state index contributed by atoms with van der Waals surface area (Å²) in [7, 11) is 1.88. The Morgan fingerprint density at radius 3 is 2.89 bits per heavy atom. The van der Waals surface area contributed by atoms with E-state index in [4.69, 9.17) is 17.4 Å². The van der Waals surface area contributed by atoms with Crippen molar-refractivity contribution in [2.75, 3.05) is 0 Å². The Morgan fingerprint density at radius 2 is 2.33 bits per heavy atom. The maximum absolute atomic E-state index is 13.0. The van der Waals surface area contributed by atoms with Crippen LogP contribution in [-0.4, -0.2) is 9.55 Å². The molecule has 3 N–H and O–H groups in total. The summed E-state index contributed by atoms with van der Waals surface area (Å²) in [6.07, 6.45) is 4.13. The number of aromatic nitrogens is 2. The van der Waals surface area contributed by atoms with Gasteiger partial charge in [-0.25, -0.2) is 9.37 Å². The topological polar surface area (TPSA) is 55.9 Å². The number of imidazole rings is 1. The van der Waals surface area contributed by atoms with Gasteiger partial charge in [0.05, 0.1) is 18.1 Å². The number of nitrogens with zero attached hydrogens (tertiary/aromatic N) is 2. The Morgan fingerprint density at radius 1 is 1.56 bits per heavy atom. The molecule has 96 valence electrons. The zero-order valence-electron chi connectivity index (χ0n) is 9.90. The van der Waals surface area contributed by atoms with Crippen LogP contribution < -0.4 is 11.3 Å². The van der Waals surface area contributed by atoms with Gasteiger partial charge in [0.1, 0.15) is 5.82 Å². The van der Waals surface area contributed by atoms with Crippen molar-refractivity contribution in [3.63, 3.8) is 0 Å². The van der Waals surface area contributed by atoms with E-state index >= 15 is 0 Å². The summed E-state index contributed by atoms with van der Waals surface area (Å²) in [4.78, 5) is 4.23. The molecule has 4 nitrogen and oxygen atoms in total. The molecular weight excluding hydrogens is 255 g/mol. The zero-order chi connectivity index (χ0) is 13.1. The molecule has 2 aromatic rings. The van der Waals surface area contributed by atoms with Crippen molar-refractivity contribution in [1.82, 2.24) is 15.0 Å². The molecule has 6 heteroatoms. The van der Waals surface area contributed by atoms with E-state index in [1.807, 2.05) is 17.8 Å². The second kappa shape index (κ2) is 5.48. The van der Waals surface area contributed by atoms with Gasteiger partial charge in [0.25, 0.3) is 0 Å². The quantitative estimate of drug-likeness (QED) is 0.658. The van der Waals surface area contributed by atoms with Crippen LogP contribution in [0.25, 0.3) is 0 Å². The van der Waals surface area contributed by atoms with Crippen molar-refractivity contribution in [3.8, 4) is 0 Å². The summed E-state index contributed by atoms with van der Waals surface area (Å²) in [5.41, 5.74) is 4.34. The van der Waals surface area contributed by atoms with Gasteiger partial charge in [-0.15, -0.1) is 0 Å². The van der Waals surface area contributed by atoms with E-state index in [9.17, 15) is 4.39 Å². The van der Waals surface area contributed by atoms with Gasteiger partial charge < -0.3 is 4.57 Å². The summed E-state index contributed by atoms with van der Waals surface area (Å²) in [6.45, 7) is 0. The molecule has 2 rings (SSSR count). The fourth-order valence-corrected chi connectivity index (χ4v) is 2.01. The molecule has 0 aliphatic heterocycles. The highest BCUT2D eigenvalue weighted by Crippen LogP contribution is 2.23. The van der Waals surface area contributed by atoms with E-state index in [-0.39, 0.29) is 11.9 Å². The van der Waals surface area contributed by atoms with E-state index in [1.165, 1.54) is 12.1 Å². The predicted molar refractivity (Wildman–Crippen MR) is 68.4 cm³/mol. The molecule has 0 saturated heterocycles. The number of nitrogens with two attached hydrogens (primary N) is 1. The van der Waals surface area contributed by atoms with Gasteiger partial charge in [0.15, 0.2) is 0 Å². The fourth-order valence-electron chi connectivity index (χ4n) is 1.77. The molecule has 0 bridgehead atoms. The van der Waals surface area contributed by atoms with Crippen LogP contribution in [0.3, 0.4) is 0 Å². The zero-order valence-corrected chi connectivity index (χ0v) is 10.7. The number of rotatable bonds is 4. The maximum atomic E-state index is 13.0. The number of aryl methyl sites for hydroxylation is 1. The minimum absolute atomic E-state index is 0.158. The molecule has 1 aromatic heterocycles. The van der Waals surface area contributed by atoms with Gasteiger partial charge in [-0.05, 0) is 24.1 Å². The Bertz CT molecular complexity index is 541. The van der Waals surface area contributed by atoms with Gasteiger partial charge in [0.2, 0.25) is 0 Å². The number of hydrogen-bond donors (Lipinski definition) is 2. The third kappa shape index (κ3) is 2.87. The summed E-state index contributed by atoms with van der Waals surface area (Å²) in [6, 6.07) is 4.18. The van der Waals surface area contributed by atoms with Crippen molar-refractivity contribution in [2.45, 2.75) is 12.5 Å². The maximum Gasteiger partial charge on any atom is 0.124 e. The number of nitrogens with one attached hydrogen (secondary N) is 1. The Hall–Kier alpha value is -1.43. The number of benzene rings is 1. The van der Waals surface area contributed by atoms with Crippen LogP contribution >= 0.6 is 11.6 Å². The second-order valence-electron chi connectivity index (χ2n) is 4.12. The minimum Gasteiger partial charge on any atom is -0.340 e. The molecule has 0 fully saturated rings. The van der Waals surface area contributed by atoms with Gasteiger partial charge >= 0.3 is 0 Å². The molecule has 1 atom stereocenters. The van der Waals surface area contributed by atoms with Crippen molar-refractivity contribution >= 4 is 11.6 Å². The van der Waals surface area contributed by atoms with Crippen LogP contribution in [0.5, 0.6) is 0 Å². The molecule has 1 unspecified atom stereocenters. The first-order chi connectivity index (χ1) is 8.60. The average molecular weight is 269 g/mol. The lowest BCUT2D eigenvalue weighted by molar-refractivity contribution is 0.539. The van der Waals surface area contributed by atoms with Crippen molar-refractivity contribution in [1.29, 1.82) is 0 Å². The number of hydrogen-bond acceptors (Lipinski definition) is 3. The lowest BCUT2D eigenvalue weighted by Crippen LogP contribution is -2.30. The van der Waals surface area contributed by atoms with E-state index in [0.717, 1.165) is 11.3 Å². The molecule has 0 spiro atoms. The Balaban J connectivity index is 2.20. The molecule has 0 aliphatic carbocycles. The molecule has 0 amide bonds. The van der Waals surface area contributed by atoms with E-state index in [1.54, 1.807) is 12.4 Å². The lowest BCUT2D eigenvalue weighted by Gasteiger charge is -2.14. The third-order valence-electron chi connectivity index (χ3n) is 2.72. The molecule has 1 heterocycles. The van der Waals surface area contributed by atoms with Crippen LogP contribution in [0.4, 0.5) is 4.39 Å². The third-order valence-corrected chi connectivity index (χ3v) is 3.07. The van der Waals surface area contributed by atoms with Crippen LogP contribution in [0.1, 0.15) is 17.3 Å². The smallest absolute Gasteiger partial charge is 0.124 e. The average Bonchev–Trinajstić information content (AvgIpc) is 2.75. The Labute approximate surface area is 110 Å². The van der Waals surface area contributed by atoms with Crippen LogP contribution in [0, 0.1) is 5.82 Å². The highest BCUT2D eigenvalue weighted by atomic mass is 35.5. The van der Waals surface area contributed by atoms with Crippen LogP contribution in [0.2, 0.25) is 5.02 Å². The molecule has 1 aromatic carbocycles. The van der Waals surface area contributed by atoms with E-state index in [0.29, 0.717) is 11.4 Å². The molecule has 0 saturated carbocycles. The highest BCUT2D eigenvalue weighted by Gasteiger charge is 2.15. The number of hydrazine groups is 1. The fraction of sp³-hybridized carbons (Fsp3) is 0.250. The largest absolute Gasteiger partial charge is 0.340 e. The van der Waals surface area contributed by atoms with Crippen molar-refractivity contribution in [2.24, 2.45) is 12.9 Å². The molecule has 0 radical (unpaired) electrons. The molecule has 18 heavy (non-hydrogen) atoms. The van der Waals surface area contributed by atoms with Gasteiger partial charge in [0, 0.05) is 18.3 Å². The predicted octanol–water partition coefficient (Wildman–Crippen LogP) is 1.96. The summed E-state index contributed by atoms with van der Waals surface area (Å²) < 4.78 is 14.8. The SMILES string of the molecule is Cn1cnc(C(Cc2ccc(F)cc2Cl)NN)c1. The first-order valence-corrected chi connectivity index (χ1v) is 5.86. The Kier molecular flexibility index (Phi) is 3.96. The first kappa shape index (κ1) is 13.0. The monoisotopic (exact) mass is 268 g/mol. The van der Waals surface area contributed by atoms with E-state index < -0.39 is 0 Å². The second-order valence-corrected chi connectivity index (χ2v) is 4.53. The van der Waals surface area contributed by atoms with Crippen LogP contribution in [-0.2, 0) is 13.5 Å². The summed E-state index contributed by atoms with van der Waals surface area (Å²) in [5.74, 6) is 5.18. The lowest BCUT2D eigenvalue weighted by atomic mass is 10.0. The van der Waals surface area contributed by atoms with Gasteiger partial charge in [-0.2, -0.15) is 0 Å². The minimum atomic E-state index is -0.348. The molecular formula is C12H14ClFN4. The molecule has 0 aliphatic rings. The summed E-state index contributed by atoms with van der Waals surface area (Å²) >= 11 is 5.99. The van der Waals surface area contributed by atoms with Gasteiger partial charge in [-0.1, -0.05) is 17.7 Å². The number of halogens is 2. The standard InChI is InChI=1S/C12H14ClFN4/c1-18-6-12(16-7-18)11(17-15)4-8-2-3-9(14)5-10(8)13/h2-3,5-7,11,17H,4,15H2,1H3.